The van der Waals surface area contributed by atoms with Crippen LogP contribution in [0.3, 0.4) is 0 Å². The van der Waals surface area contributed by atoms with Crippen LogP contribution in [0.1, 0.15) is 11.4 Å². The first-order chi connectivity index (χ1) is 8.65. The van der Waals surface area contributed by atoms with Crippen molar-refractivity contribution in [1.29, 1.82) is 0 Å². The molecule has 0 amide bonds. The van der Waals surface area contributed by atoms with E-state index in [9.17, 15) is 10.1 Å². The van der Waals surface area contributed by atoms with Gasteiger partial charge in [0, 0.05) is 23.5 Å². The van der Waals surface area contributed by atoms with Crippen molar-refractivity contribution in [1.82, 2.24) is 4.98 Å². The quantitative estimate of drug-likeness (QED) is 0.662. The zero-order valence-electron chi connectivity index (χ0n) is 9.96. The Morgan fingerprint density at radius 3 is 2.56 bits per heavy atom. The minimum atomic E-state index is -0.411. The van der Waals surface area contributed by atoms with E-state index in [1.165, 1.54) is 12.1 Å². The Morgan fingerprint density at radius 1 is 1.22 bits per heavy atom. The second kappa shape index (κ2) is 5.27. The van der Waals surface area contributed by atoms with Gasteiger partial charge in [-0.25, -0.2) is 0 Å². The third kappa shape index (κ3) is 3.04. The molecule has 1 aromatic carbocycles. The molecule has 0 saturated heterocycles. The summed E-state index contributed by atoms with van der Waals surface area (Å²) in [5.74, 6) is 0. The molecule has 0 bridgehead atoms. The van der Waals surface area contributed by atoms with Crippen molar-refractivity contribution in [2.24, 2.45) is 0 Å². The number of nitrogens with zero attached hydrogens (tertiary/aromatic N) is 2. The Balaban J connectivity index is 2.00. The maximum absolute atomic E-state index is 10.5. The van der Waals surface area contributed by atoms with Gasteiger partial charge in [0.05, 0.1) is 17.2 Å². The average molecular weight is 243 g/mol. The van der Waals surface area contributed by atoms with Gasteiger partial charge in [0.2, 0.25) is 0 Å². The number of nitrogens with one attached hydrogen (secondary N) is 1. The fourth-order valence-corrected chi connectivity index (χ4v) is 1.59. The van der Waals surface area contributed by atoms with Gasteiger partial charge >= 0.3 is 0 Å². The summed E-state index contributed by atoms with van der Waals surface area (Å²) in [6.07, 6.45) is 0. The first-order valence-corrected chi connectivity index (χ1v) is 5.56. The van der Waals surface area contributed by atoms with E-state index in [1.54, 1.807) is 12.1 Å². The monoisotopic (exact) mass is 243 g/mol. The summed E-state index contributed by atoms with van der Waals surface area (Å²) < 4.78 is 0. The number of anilines is 1. The molecule has 0 aliphatic carbocycles. The minimum Gasteiger partial charge on any atom is -0.379 e. The lowest BCUT2D eigenvalue weighted by Gasteiger charge is -2.06. The van der Waals surface area contributed by atoms with Crippen LogP contribution in [0.25, 0.3) is 0 Å². The second-order valence-corrected chi connectivity index (χ2v) is 3.93. The van der Waals surface area contributed by atoms with Crippen LogP contribution in [-0.2, 0) is 6.54 Å². The van der Waals surface area contributed by atoms with Gasteiger partial charge in [0.15, 0.2) is 0 Å². The van der Waals surface area contributed by atoms with Crippen molar-refractivity contribution in [3.05, 3.63) is 64.0 Å². The molecule has 2 rings (SSSR count). The third-order valence-electron chi connectivity index (χ3n) is 2.50. The zero-order chi connectivity index (χ0) is 13.0. The van der Waals surface area contributed by atoms with Gasteiger partial charge in [-0.2, -0.15) is 0 Å². The average Bonchev–Trinajstić information content (AvgIpc) is 2.37. The van der Waals surface area contributed by atoms with Crippen LogP contribution in [0.15, 0.2) is 42.5 Å². The molecule has 0 radical (unpaired) electrons. The fourth-order valence-electron chi connectivity index (χ4n) is 1.59. The summed E-state index contributed by atoms with van der Waals surface area (Å²) in [5.41, 5.74) is 2.84. The Bertz CT molecular complexity index is 552. The highest BCUT2D eigenvalue weighted by Gasteiger charge is 2.03. The molecule has 1 aromatic heterocycles. The summed E-state index contributed by atoms with van der Waals surface area (Å²) in [4.78, 5) is 14.5. The lowest BCUT2D eigenvalue weighted by molar-refractivity contribution is -0.384. The highest BCUT2D eigenvalue weighted by Crippen LogP contribution is 2.15. The number of aryl methyl sites for hydroxylation is 1. The second-order valence-electron chi connectivity index (χ2n) is 3.93. The number of nitro benzene ring substituents is 1. The largest absolute Gasteiger partial charge is 0.379 e. The zero-order valence-corrected chi connectivity index (χ0v) is 9.96. The highest BCUT2D eigenvalue weighted by atomic mass is 16.6. The molecule has 2 aromatic rings. The molecule has 0 aliphatic heterocycles. The Hall–Kier alpha value is -2.43. The van der Waals surface area contributed by atoms with Crippen LogP contribution >= 0.6 is 0 Å². The molecule has 18 heavy (non-hydrogen) atoms. The van der Waals surface area contributed by atoms with Crippen LogP contribution in [0, 0.1) is 17.0 Å². The Kier molecular flexibility index (Phi) is 3.52. The predicted octanol–water partition coefficient (Wildman–Crippen LogP) is 2.91. The van der Waals surface area contributed by atoms with Crippen molar-refractivity contribution >= 4 is 11.4 Å². The smallest absolute Gasteiger partial charge is 0.269 e. The summed E-state index contributed by atoms with van der Waals surface area (Å²) in [6.45, 7) is 2.54. The maximum Gasteiger partial charge on any atom is 0.269 e. The predicted molar refractivity (Wildman–Crippen MR) is 69.4 cm³/mol. The number of hydrogen-bond acceptors (Lipinski definition) is 4. The highest BCUT2D eigenvalue weighted by molar-refractivity contribution is 5.48. The van der Waals surface area contributed by atoms with Crippen molar-refractivity contribution in [2.75, 3.05) is 5.32 Å². The van der Waals surface area contributed by atoms with Gasteiger partial charge in [-0.05, 0) is 31.2 Å². The van der Waals surface area contributed by atoms with Gasteiger partial charge < -0.3 is 5.32 Å². The van der Waals surface area contributed by atoms with Gasteiger partial charge in [0.1, 0.15) is 0 Å². The lowest BCUT2D eigenvalue weighted by atomic mass is 10.2. The molecule has 92 valence electrons. The Labute approximate surface area is 105 Å². The van der Waals surface area contributed by atoms with E-state index in [4.69, 9.17) is 0 Å². The van der Waals surface area contributed by atoms with Crippen LogP contribution < -0.4 is 5.32 Å². The van der Waals surface area contributed by atoms with Crippen molar-refractivity contribution in [3.8, 4) is 0 Å². The molecule has 1 N–H and O–H groups in total. The van der Waals surface area contributed by atoms with Gasteiger partial charge in [-0.1, -0.05) is 6.07 Å². The van der Waals surface area contributed by atoms with Crippen molar-refractivity contribution < 1.29 is 4.92 Å². The van der Waals surface area contributed by atoms with Crippen LogP contribution in [0.5, 0.6) is 0 Å². The molecule has 1 heterocycles. The van der Waals surface area contributed by atoms with E-state index in [2.05, 4.69) is 10.3 Å². The fraction of sp³-hybridized carbons (Fsp3) is 0.154. The lowest BCUT2D eigenvalue weighted by Crippen LogP contribution is -2.02. The van der Waals surface area contributed by atoms with E-state index >= 15 is 0 Å². The van der Waals surface area contributed by atoms with Gasteiger partial charge in [0.25, 0.3) is 5.69 Å². The van der Waals surface area contributed by atoms with E-state index in [0.717, 1.165) is 17.1 Å². The summed E-state index contributed by atoms with van der Waals surface area (Å²) >= 11 is 0. The molecule has 0 atom stereocenters. The number of aromatic nitrogens is 1. The SMILES string of the molecule is Cc1cccc(CNc2ccc([N+](=O)[O-])cc2)n1. The molecule has 0 saturated carbocycles. The number of nitro groups is 1. The summed E-state index contributed by atoms with van der Waals surface area (Å²) in [6, 6.07) is 12.2. The molecular weight excluding hydrogens is 230 g/mol. The number of benzene rings is 1. The van der Waals surface area contributed by atoms with Crippen LogP contribution in [0.4, 0.5) is 11.4 Å². The van der Waals surface area contributed by atoms with E-state index in [1.807, 2.05) is 25.1 Å². The summed E-state index contributed by atoms with van der Waals surface area (Å²) in [7, 11) is 0. The molecule has 5 heteroatoms. The van der Waals surface area contributed by atoms with E-state index in [-0.39, 0.29) is 5.69 Å². The van der Waals surface area contributed by atoms with Crippen molar-refractivity contribution in [3.63, 3.8) is 0 Å². The van der Waals surface area contributed by atoms with Gasteiger partial charge in [-0.15, -0.1) is 0 Å². The number of hydrogen-bond donors (Lipinski definition) is 1. The van der Waals surface area contributed by atoms with E-state index < -0.39 is 4.92 Å². The molecule has 0 unspecified atom stereocenters. The normalized spacial score (nSPS) is 10.1. The molecule has 5 nitrogen and oxygen atoms in total. The molecule has 0 aliphatic rings. The first-order valence-electron chi connectivity index (χ1n) is 5.56. The molecular formula is C13H13N3O2. The van der Waals surface area contributed by atoms with Crippen molar-refractivity contribution in [2.45, 2.75) is 13.5 Å². The maximum atomic E-state index is 10.5. The van der Waals surface area contributed by atoms with Gasteiger partial charge in [-0.3, -0.25) is 15.1 Å². The summed E-state index contributed by atoms with van der Waals surface area (Å²) in [5, 5.41) is 13.7. The number of non-ortho nitro benzene ring substituents is 1. The minimum absolute atomic E-state index is 0.0919. The molecule has 0 fully saturated rings. The number of pyridine rings is 1. The van der Waals surface area contributed by atoms with Crippen LogP contribution in [0.2, 0.25) is 0 Å². The number of rotatable bonds is 4. The standard InChI is InChI=1S/C13H13N3O2/c1-10-3-2-4-12(15-10)9-14-11-5-7-13(8-6-11)16(17)18/h2-8,14H,9H2,1H3. The van der Waals surface area contributed by atoms with E-state index in [0.29, 0.717) is 6.54 Å². The topological polar surface area (TPSA) is 68.1 Å². The third-order valence-corrected chi connectivity index (χ3v) is 2.50. The van der Waals surface area contributed by atoms with Crippen LogP contribution in [-0.4, -0.2) is 9.91 Å². The Morgan fingerprint density at radius 2 is 1.94 bits per heavy atom. The first kappa shape index (κ1) is 12.0. The molecule has 0 spiro atoms.